The van der Waals surface area contributed by atoms with Crippen LogP contribution in [0.4, 0.5) is 41.6 Å². The number of hydrogen-bond donors (Lipinski definition) is 2. The molecule has 0 spiro atoms. The standard InChI is InChI=1S/C37H46F6N6O4/c1-35(44)10-16-46(17-11-35)27-7-12-47(13-8-27)32(50)29(20-23-18-25(36(38,39)40)21-26(19-23)37(41,42)43)31-22-28(9-15-49(31)34(52)53)48-14-6-24-4-2-3-5-30(24)45-33(48)51/h2-5,18-19,21,27-29,31H,6-17,20,22,44H2,1H3,(H,45,51)(H,52,53)/p-1/t28?,29?,31-/m1/s1. The van der Waals surface area contributed by atoms with Crippen LogP contribution in [-0.2, 0) is 30.0 Å². The van der Waals surface area contributed by atoms with Crippen molar-refractivity contribution in [1.82, 2.24) is 19.6 Å². The fourth-order valence-corrected chi connectivity index (χ4v) is 8.47. The summed E-state index contributed by atoms with van der Waals surface area (Å²) in [5.74, 6) is -1.93. The molecule has 2 aromatic carbocycles. The van der Waals surface area contributed by atoms with Crippen LogP contribution in [0.25, 0.3) is 0 Å². The van der Waals surface area contributed by atoms with Gasteiger partial charge in [0.25, 0.3) is 0 Å². The molecule has 0 aliphatic carbocycles. The van der Waals surface area contributed by atoms with Crippen LogP contribution in [0.5, 0.6) is 0 Å². The lowest BCUT2D eigenvalue weighted by Crippen LogP contribution is -2.61. The molecule has 0 bridgehead atoms. The Balaban J connectivity index is 1.30. The van der Waals surface area contributed by atoms with E-state index in [0.717, 1.165) is 36.4 Å². The topological polar surface area (TPSA) is 125 Å². The molecule has 10 nitrogen and oxygen atoms in total. The Morgan fingerprint density at radius 2 is 1.51 bits per heavy atom. The number of benzene rings is 2. The molecule has 4 aliphatic heterocycles. The predicted octanol–water partition coefficient (Wildman–Crippen LogP) is 4.95. The Bertz CT molecular complexity index is 1640. The minimum atomic E-state index is -5.11. The highest BCUT2D eigenvalue weighted by Gasteiger charge is 2.44. The highest BCUT2D eigenvalue weighted by Crippen LogP contribution is 2.39. The van der Waals surface area contributed by atoms with E-state index in [1.165, 1.54) is 0 Å². The number of fused-ring (bicyclic) bond motifs is 1. The molecule has 2 aromatic rings. The molecule has 53 heavy (non-hydrogen) atoms. The predicted molar refractivity (Wildman–Crippen MR) is 181 cm³/mol. The molecular formula is C37H45F6N6O4-. The Morgan fingerprint density at radius 1 is 0.906 bits per heavy atom. The maximum Gasteiger partial charge on any atom is 0.416 e. The minimum absolute atomic E-state index is 0.0268. The zero-order chi connectivity index (χ0) is 38.3. The lowest BCUT2D eigenvalue weighted by molar-refractivity contribution is -0.270. The molecular weight excluding hydrogens is 706 g/mol. The number of rotatable bonds is 6. The van der Waals surface area contributed by atoms with Gasteiger partial charge in [-0.15, -0.1) is 0 Å². The van der Waals surface area contributed by atoms with Gasteiger partial charge < -0.3 is 40.6 Å². The first-order valence-electron chi connectivity index (χ1n) is 18.1. The van der Waals surface area contributed by atoms with Crippen molar-refractivity contribution in [3.63, 3.8) is 0 Å². The Hall–Kier alpha value is -4.05. The van der Waals surface area contributed by atoms with Gasteiger partial charge in [0.1, 0.15) is 6.09 Å². The van der Waals surface area contributed by atoms with Crippen LogP contribution in [-0.4, -0.2) is 101 Å². The van der Waals surface area contributed by atoms with Crippen molar-refractivity contribution >= 4 is 23.7 Å². The third-order valence-corrected chi connectivity index (χ3v) is 11.6. The highest BCUT2D eigenvalue weighted by molar-refractivity contribution is 5.91. The number of carbonyl (C=O) groups excluding carboxylic acids is 3. The number of urea groups is 1. The van der Waals surface area contributed by atoms with Gasteiger partial charge in [0.05, 0.1) is 17.0 Å². The second-order valence-electron chi connectivity index (χ2n) is 15.2. The molecule has 0 radical (unpaired) electrons. The second-order valence-corrected chi connectivity index (χ2v) is 15.2. The lowest BCUT2D eigenvalue weighted by atomic mass is 9.81. The lowest BCUT2D eigenvalue weighted by Gasteiger charge is -2.48. The van der Waals surface area contributed by atoms with Gasteiger partial charge in [-0.2, -0.15) is 26.3 Å². The van der Waals surface area contributed by atoms with E-state index in [2.05, 4.69) is 10.2 Å². The van der Waals surface area contributed by atoms with Crippen molar-refractivity contribution in [2.75, 3.05) is 44.6 Å². The normalized spacial score (nSPS) is 23.9. The van der Waals surface area contributed by atoms with Crippen LogP contribution >= 0.6 is 0 Å². The van der Waals surface area contributed by atoms with Crippen molar-refractivity contribution in [2.24, 2.45) is 11.7 Å². The largest absolute Gasteiger partial charge is 0.530 e. The summed E-state index contributed by atoms with van der Waals surface area (Å²) in [5.41, 5.74) is 4.14. The molecule has 3 N–H and O–H groups in total. The number of carbonyl (C=O) groups is 3. The molecule has 0 saturated carbocycles. The van der Waals surface area contributed by atoms with Crippen LogP contribution in [0, 0.1) is 5.92 Å². The van der Waals surface area contributed by atoms with Crippen molar-refractivity contribution in [1.29, 1.82) is 0 Å². The molecule has 3 fully saturated rings. The number of halogens is 6. The Labute approximate surface area is 304 Å². The molecule has 6 rings (SSSR count). The van der Waals surface area contributed by atoms with Gasteiger partial charge in [-0.1, -0.05) is 18.2 Å². The quantitative estimate of drug-likeness (QED) is 0.403. The molecule has 3 atom stereocenters. The molecule has 16 heteroatoms. The molecule has 290 valence electrons. The van der Waals surface area contributed by atoms with Gasteiger partial charge in [-0.3, -0.25) is 4.79 Å². The number of alkyl halides is 6. The van der Waals surface area contributed by atoms with Crippen molar-refractivity contribution in [3.8, 4) is 0 Å². The maximum atomic E-state index is 14.6. The van der Waals surface area contributed by atoms with Gasteiger partial charge in [0.2, 0.25) is 5.91 Å². The number of piperidine rings is 3. The van der Waals surface area contributed by atoms with Gasteiger partial charge in [-0.05, 0) is 93.7 Å². The SMILES string of the molecule is CC1(N)CCN(C2CCN(C(=O)C(Cc3cc(C(F)(F)F)cc(C(F)(F)F)c3)[C@H]3CC(N4CCc5ccccc5NC4=O)CCN3C(=O)[O-])CC2)CC1. The van der Waals surface area contributed by atoms with E-state index in [0.29, 0.717) is 37.1 Å². The van der Waals surface area contributed by atoms with Crippen molar-refractivity contribution in [2.45, 2.75) is 94.3 Å². The number of likely N-dealkylation sites (tertiary alicyclic amines) is 3. The molecule has 2 unspecified atom stereocenters. The molecule has 3 saturated heterocycles. The van der Waals surface area contributed by atoms with E-state index in [9.17, 15) is 45.8 Å². The average Bonchev–Trinajstić information content (AvgIpc) is 3.27. The van der Waals surface area contributed by atoms with E-state index in [-0.39, 0.29) is 56.7 Å². The number of nitrogens with one attached hydrogen (secondary N) is 1. The first-order chi connectivity index (χ1) is 24.9. The Kier molecular flexibility index (Phi) is 10.9. The first-order valence-corrected chi connectivity index (χ1v) is 18.1. The van der Waals surface area contributed by atoms with E-state index in [1.54, 1.807) is 21.9 Å². The maximum absolute atomic E-state index is 14.6. The molecule has 4 heterocycles. The van der Waals surface area contributed by atoms with Crippen LogP contribution in [0.1, 0.15) is 67.7 Å². The number of nitrogens with zero attached hydrogens (tertiary/aromatic N) is 4. The van der Waals surface area contributed by atoms with Gasteiger partial charge in [0, 0.05) is 68.6 Å². The van der Waals surface area contributed by atoms with E-state index >= 15 is 0 Å². The zero-order valence-electron chi connectivity index (χ0n) is 29.5. The van der Waals surface area contributed by atoms with Crippen LogP contribution in [0.3, 0.4) is 0 Å². The number of amides is 4. The number of anilines is 1. The summed E-state index contributed by atoms with van der Waals surface area (Å²) in [5, 5.41) is 15.5. The fraction of sp³-hybridized carbons (Fsp3) is 0.595. The van der Waals surface area contributed by atoms with Gasteiger partial charge in [-0.25, -0.2) is 4.79 Å². The fourth-order valence-electron chi connectivity index (χ4n) is 8.47. The van der Waals surface area contributed by atoms with Gasteiger partial charge >= 0.3 is 18.4 Å². The second kappa shape index (κ2) is 15.0. The highest BCUT2D eigenvalue weighted by atomic mass is 19.4. The van der Waals surface area contributed by atoms with E-state index < -0.39 is 71.5 Å². The van der Waals surface area contributed by atoms with Crippen LogP contribution in [0.2, 0.25) is 0 Å². The smallest absolute Gasteiger partial charge is 0.416 e. The summed E-state index contributed by atoms with van der Waals surface area (Å²) < 4.78 is 83.5. The van der Waals surface area contributed by atoms with Crippen LogP contribution in [0.15, 0.2) is 42.5 Å². The zero-order valence-corrected chi connectivity index (χ0v) is 29.5. The van der Waals surface area contributed by atoms with Crippen molar-refractivity contribution < 1.29 is 45.8 Å². The third kappa shape index (κ3) is 8.85. The summed E-state index contributed by atoms with van der Waals surface area (Å²) in [6.45, 7) is 4.29. The number of nitrogens with two attached hydrogens (primary N) is 1. The first kappa shape index (κ1) is 38.7. The minimum Gasteiger partial charge on any atom is -0.530 e. The number of para-hydroxylation sites is 1. The number of carboxylic acid groups (broad SMARTS) is 1. The molecule has 4 aliphatic rings. The molecule has 0 aromatic heterocycles. The van der Waals surface area contributed by atoms with Crippen LogP contribution < -0.4 is 16.2 Å². The van der Waals surface area contributed by atoms with E-state index in [4.69, 9.17) is 5.73 Å². The summed E-state index contributed by atoms with van der Waals surface area (Å²) >= 11 is 0. The summed E-state index contributed by atoms with van der Waals surface area (Å²) in [7, 11) is 0. The van der Waals surface area contributed by atoms with Gasteiger partial charge in [0.15, 0.2) is 0 Å². The average molecular weight is 752 g/mol. The van der Waals surface area contributed by atoms with Crippen molar-refractivity contribution in [3.05, 3.63) is 64.7 Å². The monoisotopic (exact) mass is 751 g/mol. The third-order valence-electron chi connectivity index (χ3n) is 11.6. The van der Waals surface area contributed by atoms with E-state index in [1.807, 2.05) is 19.1 Å². The molecule has 4 amide bonds. The summed E-state index contributed by atoms with van der Waals surface area (Å²) in [6, 6.07) is 6.43. The Morgan fingerprint density at radius 3 is 2.11 bits per heavy atom. The number of hydrogen-bond acceptors (Lipinski definition) is 6. The summed E-state index contributed by atoms with van der Waals surface area (Å²) in [4.78, 5) is 47.0. The summed E-state index contributed by atoms with van der Waals surface area (Å²) in [6.07, 6.45) is -9.01.